The molecule has 1 heterocycles. The number of nitrogens with zero attached hydrogens (tertiary/aromatic N) is 1. The van der Waals surface area contributed by atoms with Gasteiger partial charge in [0.25, 0.3) is 5.91 Å². The van der Waals surface area contributed by atoms with E-state index in [9.17, 15) is 4.79 Å². The topological polar surface area (TPSA) is 68.0 Å². The molecule has 0 aliphatic carbocycles. The highest BCUT2D eigenvalue weighted by Crippen LogP contribution is 2.19. The molecular weight excluding hydrogens is 274 g/mol. The summed E-state index contributed by atoms with van der Waals surface area (Å²) in [6.07, 6.45) is 3.09. The summed E-state index contributed by atoms with van der Waals surface area (Å²) in [6.45, 7) is 4.00. The van der Waals surface area contributed by atoms with Gasteiger partial charge in [-0.2, -0.15) is 0 Å². The highest BCUT2D eigenvalue weighted by molar-refractivity contribution is 6.33. The van der Waals surface area contributed by atoms with E-state index < -0.39 is 0 Å². The Kier molecular flexibility index (Phi) is 9.92. The predicted octanol–water partition coefficient (Wildman–Crippen LogP) is 3.59. The van der Waals surface area contributed by atoms with Crippen LogP contribution in [0.25, 0.3) is 0 Å². The van der Waals surface area contributed by atoms with Gasteiger partial charge in [0.1, 0.15) is 0 Å². The van der Waals surface area contributed by atoms with Crippen LogP contribution in [-0.4, -0.2) is 17.9 Å². The maximum absolute atomic E-state index is 11.8. The molecular formula is C15H20ClN3O. The van der Waals surface area contributed by atoms with Gasteiger partial charge >= 0.3 is 0 Å². The Morgan fingerprint density at radius 1 is 1.15 bits per heavy atom. The van der Waals surface area contributed by atoms with E-state index in [-0.39, 0.29) is 5.91 Å². The Balaban J connectivity index is 0.000000829. The van der Waals surface area contributed by atoms with Gasteiger partial charge in [-0.15, -0.1) is 0 Å². The maximum Gasteiger partial charge on any atom is 0.255 e. The Bertz CT molecular complexity index is 503. The normalized spacial score (nSPS) is 8.45. The molecule has 1 aromatic heterocycles. The fourth-order valence-corrected chi connectivity index (χ4v) is 1.41. The fourth-order valence-electron chi connectivity index (χ4n) is 1.25. The molecule has 0 saturated carbocycles. The highest BCUT2D eigenvalue weighted by Gasteiger charge is 2.07. The monoisotopic (exact) mass is 293 g/mol. The average molecular weight is 294 g/mol. The summed E-state index contributed by atoms with van der Waals surface area (Å²) in [7, 11) is 1.50. The van der Waals surface area contributed by atoms with Crippen LogP contribution in [0.5, 0.6) is 0 Å². The molecule has 1 amide bonds. The van der Waals surface area contributed by atoms with Crippen LogP contribution >= 0.6 is 11.6 Å². The zero-order valence-electron chi connectivity index (χ0n) is 11.9. The number of hydrogen-bond donors (Lipinski definition) is 2. The number of hydrogen-bond acceptors (Lipinski definition) is 3. The molecule has 0 unspecified atom stereocenters. The molecule has 0 bridgehead atoms. The summed E-state index contributed by atoms with van der Waals surface area (Å²) in [5, 5.41) is 3.16. The number of carbonyl (C=O) groups is 1. The van der Waals surface area contributed by atoms with Crippen molar-refractivity contribution in [3.63, 3.8) is 0 Å². The standard InChI is InChI=1S/C12H9ClN2O.C2H6.CH5N/c13-10-6-7-14-8-11(10)15-12(16)9-4-2-1-3-5-9;2*1-2/h1-8H,(H,15,16);1-2H3;2H2,1H3. The first-order valence-electron chi connectivity index (χ1n) is 6.31. The maximum atomic E-state index is 11.8. The van der Waals surface area contributed by atoms with Gasteiger partial charge in [-0.05, 0) is 25.2 Å². The Hall–Kier alpha value is -1.91. The van der Waals surface area contributed by atoms with Crippen molar-refractivity contribution in [3.8, 4) is 0 Å². The molecule has 3 N–H and O–H groups in total. The number of rotatable bonds is 2. The summed E-state index contributed by atoms with van der Waals surface area (Å²) >= 11 is 5.90. The zero-order chi connectivity index (χ0) is 15.4. The Labute approximate surface area is 125 Å². The highest BCUT2D eigenvalue weighted by atomic mass is 35.5. The van der Waals surface area contributed by atoms with E-state index >= 15 is 0 Å². The van der Waals surface area contributed by atoms with Crippen molar-refractivity contribution in [1.29, 1.82) is 0 Å². The number of nitrogens with two attached hydrogens (primary N) is 1. The molecule has 2 rings (SSSR count). The molecule has 2 aromatic rings. The number of amides is 1. The van der Waals surface area contributed by atoms with Gasteiger partial charge in [-0.3, -0.25) is 9.78 Å². The van der Waals surface area contributed by atoms with Gasteiger partial charge in [0.2, 0.25) is 0 Å². The van der Waals surface area contributed by atoms with Crippen molar-refractivity contribution < 1.29 is 4.79 Å². The van der Waals surface area contributed by atoms with E-state index in [1.807, 2.05) is 19.9 Å². The van der Waals surface area contributed by atoms with Crippen LogP contribution in [0.15, 0.2) is 48.8 Å². The lowest BCUT2D eigenvalue weighted by atomic mass is 10.2. The minimum atomic E-state index is -0.199. The second kappa shape index (κ2) is 11.0. The van der Waals surface area contributed by atoms with Crippen LogP contribution in [0.4, 0.5) is 5.69 Å². The number of pyridine rings is 1. The third-order valence-corrected chi connectivity index (χ3v) is 2.38. The summed E-state index contributed by atoms with van der Waals surface area (Å²) in [5.41, 5.74) is 5.60. The number of halogens is 1. The lowest BCUT2D eigenvalue weighted by molar-refractivity contribution is 0.102. The molecule has 4 nitrogen and oxygen atoms in total. The second-order valence-corrected chi connectivity index (χ2v) is 3.58. The van der Waals surface area contributed by atoms with Crippen LogP contribution in [-0.2, 0) is 0 Å². The van der Waals surface area contributed by atoms with Crippen molar-refractivity contribution in [2.45, 2.75) is 13.8 Å². The number of anilines is 1. The van der Waals surface area contributed by atoms with Gasteiger partial charge in [0.05, 0.1) is 16.9 Å². The molecule has 0 fully saturated rings. The van der Waals surface area contributed by atoms with E-state index in [4.69, 9.17) is 11.6 Å². The molecule has 0 spiro atoms. The first-order chi connectivity index (χ1) is 9.77. The van der Waals surface area contributed by atoms with E-state index in [2.05, 4.69) is 16.0 Å². The summed E-state index contributed by atoms with van der Waals surface area (Å²) < 4.78 is 0. The van der Waals surface area contributed by atoms with Crippen molar-refractivity contribution in [2.75, 3.05) is 12.4 Å². The second-order valence-electron chi connectivity index (χ2n) is 3.18. The number of aromatic nitrogens is 1. The lowest BCUT2D eigenvalue weighted by Crippen LogP contribution is -2.12. The van der Waals surface area contributed by atoms with E-state index in [1.54, 1.807) is 36.5 Å². The molecule has 5 heteroatoms. The largest absolute Gasteiger partial charge is 0.333 e. The average Bonchev–Trinajstić information content (AvgIpc) is 2.54. The van der Waals surface area contributed by atoms with Crippen LogP contribution in [0.3, 0.4) is 0 Å². The summed E-state index contributed by atoms with van der Waals surface area (Å²) in [5.74, 6) is -0.199. The van der Waals surface area contributed by atoms with Gasteiger partial charge in [-0.1, -0.05) is 43.6 Å². The van der Waals surface area contributed by atoms with E-state index in [0.29, 0.717) is 16.3 Å². The third kappa shape index (κ3) is 5.82. The van der Waals surface area contributed by atoms with E-state index in [1.165, 1.54) is 13.2 Å². The van der Waals surface area contributed by atoms with Gasteiger partial charge in [0.15, 0.2) is 0 Å². The van der Waals surface area contributed by atoms with Gasteiger partial charge in [-0.25, -0.2) is 0 Å². The first-order valence-corrected chi connectivity index (χ1v) is 6.69. The molecule has 1 aromatic carbocycles. The lowest BCUT2D eigenvalue weighted by Gasteiger charge is -2.05. The molecule has 0 radical (unpaired) electrons. The third-order valence-electron chi connectivity index (χ3n) is 2.05. The zero-order valence-corrected chi connectivity index (χ0v) is 12.7. The fraction of sp³-hybridized carbons (Fsp3) is 0.200. The van der Waals surface area contributed by atoms with Gasteiger partial charge in [0, 0.05) is 11.8 Å². The van der Waals surface area contributed by atoms with E-state index in [0.717, 1.165) is 0 Å². The Morgan fingerprint density at radius 2 is 1.75 bits per heavy atom. The summed E-state index contributed by atoms with van der Waals surface area (Å²) in [4.78, 5) is 15.7. The van der Waals surface area contributed by atoms with Crippen molar-refractivity contribution in [2.24, 2.45) is 5.73 Å². The van der Waals surface area contributed by atoms with Crippen LogP contribution in [0.2, 0.25) is 5.02 Å². The molecule has 20 heavy (non-hydrogen) atoms. The molecule has 0 aliphatic heterocycles. The molecule has 0 atom stereocenters. The number of carbonyl (C=O) groups excluding carboxylic acids is 1. The summed E-state index contributed by atoms with van der Waals surface area (Å²) in [6, 6.07) is 10.6. The molecule has 108 valence electrons. The quantitative estimate of drug-likeness (QED) is 0.889. The minimum Gasteiger partial charge on any atom is -0.333 e. The first kappa shape index (κ1) is 18.1. The van der Waals surface area contributed by atoms with Gasteiger partial charge < -0.3 is 11.1 Å². The van der Waals surface area contributed by atoms with Crippen LogP contribution in [0.1, 0.15) is 24.2 Å². The van der Waals surface area contributed by atoms with Crippen molar-refractivity contribution in [3.05, 3.63) is 59.4 Å². The number of benzene rings is 1. The number of nitrogens with one attached hydrogen (secondary N) is 1. The van der Waals surface area contributed by atoms with Crippen LogP contribution < -0.4 is 11.1 Å². The molecule has 0 saturated heterocycles. The SMILES string of the molecule is CC.CN.O=C(Nc1cnccc1Cl)c1ccccc1. The smallest absolute Gasteiger partial charge is 0.255 e. The molecule has 0 aliphatic rings. The Morgan fingerprint density at radius 3 is 2.30 bits per heavy atom. The van der Waals surface area contributed by atoms with Crippen molar-refractivity contribution >= 4 is 23.2 Å². The van der Waals surface area contributed by atoms with Crippen LogP contribution in [0, 0.1) is 0 Å². The minimum absolute atomic E-state index is 0.199. The predicted molar refractivity (Wildman–Crippen MR) is 85.1 cm³/mol. The van der Waals surface area contributed by atoms with Crippen molar-refractivity contribution in [1.82, 2.24) is 4.98 Å².